The Bertz CT molecular complexity index is 1540. The van der Waals surface area contributed by atoms with Crippen molar-refractivity contribution in [3.63, 3.8) is 0 Å². The van der Waals surface area contributed by atoms with E-state index in [0.29, 0.717) is 29.6 Å². The molecular formula is C28H25F2N3O4S. The van der Waals surface area contributed by atoms with Crippen LogP contribution in [-0.2, 0) is 22.0 Å². The third-order valence-corrected chi connectivity index (χ3v) is 9.34. The second kappa shape index (κ2) is 8.73. The van der Waals surface area contributed by atoms with Gasteiger partial charge in [-0.25, -0.2) is 8.78 Å². The van der Waals surface area contributed by atoms with Crippen LogP contribution in [0.2, 0.25) is 0 Å². The molecule has 2 N–H and O–H groups in total. The van der Waals surface area contributed by atoms with Gasteiger partial charge in [-0.05, 0) is 73.1 Å². The maximum Gasteiger partial charge on any atom is 0.287 e. The van der Waals surface area contributed by atoms with Gasteiger partial charge < -0.3 is 15.1 Å². The van der Waals surface area contributed by atoms with Crippen LogP contribution in [0.4, 0.5) is 8.78 Å². The third kappa shape index (κ3) is 4.39. The molecule has 1 atom stereocenters. The van der Waals surface area contributed by atoms with Crippen LogP contribution in [0.15, 0.2) is 51.8 Å². The first kappa shape index (κ1) is 24.7. The summed E-state index contributed by atoms with van der Waals surface area (Å²) in [6.07, 6.45) is 0.169. The molecule has 1 unspecified atom stereocenters. The summed E-state index contributed by atoms with van der Waals surface area (Å²) in [6.45, 7) is 0. The van der Waals surface area contributed by atoms with Gasteiger partial charge in [0.2, 0.25) is 11.8 Å². The first-order valence-electron chi connectivity index (χ1n) is 12.6. The van der Waals surface area contributed by atoms with Gasteiger partial charge >= 0.3 is 0 Å². The van der Waals surface area contributed by atoms with Gasteiger partial charge in [0.1, 0.15) is 16.7 Å². The van der Waals surface area contributed by atoms with Crippen molar-refractivity contribution in [2.75, 3.05) is 5.75 Å². The monoisotopic (exact) mass is 537 g/mol. The molecule has 6 rings (SSSR count). The Kier molecular flexibility index (Phi) is 5.69. The van der Waals surface area contributed by atoms with Crippen molar-refractivity contribution in [2.24, 2.45) is 0 Å². The van der Waals surface area contributed by atoms with E-state index < -0.39 is 52.5 Å². The summed E-state index contributed by atoms with van der Waals surface area (Å²) in [6, 6.07) is 15.0. The van der Waals surface area contributed by atoms with Crippen molar-refractivity contribution < 1.29 is 27.0 Å². The van der Waals surface area contributed by atoms with Crippen LogP contribution < -0.4 is 10.6 Å². The molecule has 7 nitrogen and oxygen atoms in total. The molecule has 1 aromatic heterocycles. The van der Waals surface area contributed by atoms with E-state index in [2.05, 4.69) is 16.7 Å². The minimum atomic E-state index is -2.91. The summed E-state index contributed by atoms with van der Waals surface area (Å²) in [7, 11) is -0.953. The lowest BCUT2D eigenvalue weighted by molar-refractivity contribution is -0.133. The molecule has 0 radical (unpaired) electrons. The van der Waals surface area contributed by atoms with E-state index in [9.17, 15) is 27.8 Å². The fourth-order valence-electron chi connectivity index (χ4n) is 5.27. The average Bonchev–Trinajstić information content (AvgIpc) is 3.38. The van der Waals surface area contributed by atoms with Crippen LogP contribution in [-0.4, -0.2) is 38.8 Å². The normalized spacial score (nSPS) is 22.3. The number of halogens is 2. The highest BCUT2D eigenvalue weighted by Crippen LogP contribution is 2.41. The Morgan fingerprint density at radius 2 is 1.66 bits per heavy atom. The molecule has 3 aromatic rings. The second-order valence-corrected chi connectivity index (χ2v) is 12.1. The van der Waals surface area contributed by atoms with E-state index >= 15 is 0 Å². The number of amides is 2. The molecule has 10 heteroatoms. The van der Waals surface area contributed by atoms with Gasteiger partial charge in [0.15, 0.2) is 5.76 Å². The highest BCUT2D eigenvalue weighted by Gasteiger charge is 2.53. The van der Waals surface area contributed by atoms with E-state index in [-0.39, 0.29) is 18.6 Å². The van der Waals surface area contributed by atoms with Crippen LogP contribution in [0.5, 0.6) is 0 Å². The Balaban J connectivity index is 1.26. The van der Waals surface area contributed by atoms with Gasteiger partial charge in [-0.3, -0.25) is 13.8 Å². The van der Waals surface area contributed by atoms with E-state index in [1.54, 1.807) is 6.07 Å². The standard InChI is InChI=1S/C28H25F2N3O4S/c29-28(30)10-8-27(9-11-28,25(35)33-26(16-31)6-7-26)32-24(34)22-15-19-2-1-18(14-21(19)37-22)17-3-4-23-20(13-17)5-12-38(23)36/h1-4,13-15H,5-12H2,(H,32,34)(H,33,35). The molecular weight excluding hydrogens is 512 g/mol. The number of carbonyl (C=O) groups is 2. The lowest BCUT2D eigenvalue weighted by atomic mass is 9.78. The number of carbonyl (C=O) groups excluding carboxylic acids is 2. The molecule has 196 valence electrons. The van der Waals surface area contributed by atoms with Crippen LogP contribution in [0, 0.1) is 11.3 Å². The van der Waals surface area contributed by atoms with Gasteiger partial charge in [-0.2, -0.15) is 5.26 Å². The number of nitrogens with zero attached hydrogens (tertiary/aromatic N) is 1. The highest BCUT2D eigenvalue weighted by molar-refractivity contribution is 7.85. The van der Waals surface area contributed by atoms with Gasteiger partial charge in [0, 0.05) is 28.9 Å². The lowest BCUT2D eigenvalue weighted by Crippen LogP contribution is -2.62. The minimum Gasteiger partial charge on any atom is -0.451 e. The Labute approximate surface area is 220 Å². The van der Waals surface area contributed by atoms with Crippen LogP contribution in [0.25, 0.3) is 22.1 Å². The second-order valence-electron chi connectivity index (χ2n) is 10.5. The van der Waals surface area contributed by atoms with Gasteiger partial charge in [-0.15, -0.1) is 0 Å². The van der Waals surface area contributed by atoms with Crippen molar-refractivity contribution in [1.29, 1.82) is 5.26 Å². The maximum atomic E-state index is 14.0. The van der Waals surface area contributed by atoms with Crippen molar-refractivity contribution >= 4 is 33.6 Å². The topological polar surface area (TPSA) is 112 Å². The lowest BCUT2D eigenvalue weighted by Gasteiger charge is -2.39. The number of benzene rings is 2. The summed E-state index contributed by atoms with van der Waals surface area (Å²) in [4.78, 5) is 27.3. The van der Waals surface area contributed by atoms with Crippen LogP contribution >= 0.6 is 0 Å². The zero-order chi connectivity index (χ0) is 26.7. The summed E-state index contributed by atoms with van der Waals surface area (Å²) < 4.78 is 45.8. The van der Waals surface area contributed by atoms with Crippen LogP contribution in [0.1, 0.15) is 54.6 Å². The number of aryl methyl sites for hydroxylation is 1. The quantitative estimate of drug-likeness (QED) is 0.494. The molecule has 2 aliphatic carbocycles. The molecule has 2 fully saturated rings. The zero-order valence-corrected chi connectivity index (χ0v) is 21.3. The van der Waals surface area contributed by atoms with E-state index in [1.807, 2.05) is 36.4 Å². The number of nitriles is 1. The Morgan fingerprint density at radius 1 is 0.947 bits per heavy atom. The number of furan rings is 1. The van der Waals surface area contributed by atoms with Crippen molar-refractivity contribution in [3.8, 4) is 17.2 Å². The number of nitrogens with one attached hydrogen (secondary N) is 2. The van der Waals surface area contributed by atoms with E-state index in [1.165, 1.54) is 0 Å². The Morgan fingerprint density at radius 3 is 2.37 bits per heavy atom. The fourth-order valence-corrected chi connectivity index (χ4v) is 6.57. The summed E-state index contributed by atoms with van der Waals surface area (Å²) in [5.74, 6) is -3.61. The fraction of sp³-hybridized carbons (Fsp3) is 0.393. The van der Waals surface area contributed by atoms with Gasteiger partial charge in [0.25, 0.3) is 5.91 Å². The smallest absolute Gasteiger partial charge is 0.287 e. The molecule has 3 aliphatic rings. The van der Waals surface area contributed by atoms with Gasteiger partial charge in [0.05, 0.1) is 16.9 Å². The molecule has 2 aromatic carbocycles. The number of hydrogen-bond acceptors (Lipinski definition) is 5. The maximum absolute atomic E-state index is 14.0. The number of rotatable bonds is 5. The average molecular weight is 538 g/mol. The van der Waals surface area contributed by atoms with E-state index in [0.717, 1.165) is 28.0 Å². The number of alkyl halides is 2. The Hall–Kier alpha value is -3.58. The molecule has 1 aliphatic heterocycles. The summed E-state index contributed by atoms with van der Waals surface area (Å²) in [5, 5.41) is 15.4. The third-order valence-electron chi connectivity index (χ3n) is 7.88. The zero-order valence-electron chi connectivity index (χ0n) is 20.4. The summed E-state index contributed by atoms with van der Waals surface area (Å²) >= 11 is 0. The van der Waals surface area contributed by atoms with Crippen molar-refractivity contribution in [3.05, 3.63) is 53.8 Å². The van der Waals surface area contributed by atoms with Crippen LogP contribution in [0.3, 0.4) is 0 Å². The van der Waals surface area contributed by atoms with Crippen molar-refractivity contribution in [1.82, 2.24) is 10.6 Å². The predicted octanol–water partition coefficient (Wildman–Crippen LogP) is 4.61. The summed E-state index contributed by atoms with van der Waals surface area (Å²) in [5.41, 5.74) is 0.795. The first-order chi connectivity index (χ1) is 18.1. The van der Waals surface area contributed by atoms with E-state index in [4.69, 9.17) is 4.42 Å². The number of fused-ring (bicyclic) bond motifs is 2. The molecule has 0 spiro atoms. The molecule has 38 heavy (non-hydrogen) atoms. The molecule has 2 saturated carbocycles. The molecule has 2 heterocycles. The van der Waals surface area contributed by atoms with Gasteiger partial charge in [-0.1, -0.05) is 18.2 Å². The minimum absolute atomic E-state index is 0.0348. The SMILES string of the molecule is N#CC1(NC(=O)C2(NC(=O)c3cc4ccc(-c5ccc6c(c5)CCS6=O)cc4o3)CCC(F)(F)CC2)CC1. The highest BCUT2D eigenvalue weighted by atomic mass is 32.2. The first-order valence-corrected chi connectivity index (χ1v) is 13.9. The molecule has 2 amide bonds. The molecule has 0 saturated heterocycles. The molecule has 0 bridgehead atoms. The number of hydrogen-bond donors (Lipinski definition) is 2. The van der Waals surface area contributed by atoms with Crippen molar-refractivity contribution in [2.45, 2.75) is 66.8 Å². The predicted molar refractivity (Wildman–Crippen MR) is 136 cm³/mol. The largest absolute Gasteiger partial charge is 0.451 e.